The Balaban J connectivity index is 2.14. The molecule has 0 N–H and O–H groups in total. The van der Waals surface area contributed by atoms with E-state index in [-0.39, 0.29) is 5.78 Å². The van der Waals surface area contributed by atoms with Gasteiger partial charge >= 0.3 is 0 Å². The molecule has 0 fully saturated rings. The summed E-state index contributed by atoms with van der Waals surface area (Å²) >= 11 is 6.17. The van der Waals surface area contributed by atoms with E-state index in [0.717, 1.165) is 35.5 Å². The molecule has 2 aromatic rings. The van der Waals surface area contributed by atoms with Crippen molar-refractivity contribution in [1.82, 2.24) is 9.78 Å². The molecule has 1 atom stereocenters. The summed E-state index contributed by atoms with van der Waals surface area (Å²) in [6, 6.07) is 7.70. The van der Waals surface area contributed by atoms with E-state index in [0.29, 0.717) is 29.2 Å². The molecule has 3 rings (SSSR count). The first-order chi connectivity index (χ1) is 11.4. The molecule has 3 nitrogen and oxygen atoms in total. The molecule has 0 bridgehead atoms. The van der Waals surface area contributed by atoms with Gasteiger partial charge in [-0.2, -0.15) is 5.10 Å². The van der Waals surface area contributed by atoms with E-state index in [4.69, 9.17) is 16.7 Å². The number of Topliss-reactive ketones (excluding diaryl/α,β-unsaturated/α-hetero) is 1. The van der Waals surface area contributed by atoms with Crippen molar-refractivity contribution in [3.63, 3.8) is 0 Å². The second-order valence-electron chi connectivity index (χ2n) is 7.59. The Bertz CT molecular complexity index is 761. The molecule has 0 amide bonds. The maximum Gasteiger partial charge on any atom is 0.166 e. The summed E-state index contributed by atoms with van der Waals surface area (Å²) in [5.41, 5.74) is 3.79. The minimum Gasteiger partial charge on any atom is -0.294 e. The predicted octanol–water partition coefficient (Wildman–Crippen LogP) is 5.13. The molecule has 1 aromatic carbocycles. The van der Waals surface area contributed by atoms with Crippen molar-refractivity contribution >= 4 is 17.4 Å². The number of rotatable bonds is 4. The van der Waals surface area contributed by atoms with E-state index < -0.39 is 0 Å². The monoisotopic (exact) mass is 344 g/mol. The quantitative estimate of drug-likeness (QED) is 0.771. The topological polar surface area (TPSA) is 34.9 Å². The molecule has 0 radical (unpaired) electrons. The third-order valence-corrected chi connectivity index (χ3v) is 5.07. The Morgan fingerprint density at radius 1 is 1.25 bits per heavy atom. The van der Waals surface area contributed by atoms with Crippen molar-refractivity contribution in [2.24, 2.45) is 17.8 Å². The standard InChI is InChI=1S/C20H25ClN2O/c1-12(2)8-17-20-18(9-14(13(3)4)10-19(20)24)23(22-17)16-7-5-6-15(21)11-16/h5-7,11-14H,8-10H2,1-4H3. The minimum absolute atomic E-state index is 0.249. The van der Waals surface area contributed by atoms with E-state index in [1.807, 2.05) is 28.9 Å². The van der Waals surface area contributed by atoms with E-state index in [2.05, 4.69) is 27.7 Å². The molecule has 24 heavy (non-hydrogen) atoms. The van der Waals surface area contributed by atoms with Crippen LogP contribution < -0.4 is 0 Å². The Labute approximate surface area is 149 Å². The lowest BCUT2D eigenvalue weighted by Gasteiger charge is -2.25. The summed E-state index contributed by atoms with van der Waals surface area (Å²) in [6.07, 6.45) is 2.36. The summed E-state index contributed by atoms with van der Waals surface area (Å²) in [4.78, 5) is 12.8. The van der Waals surface area contributed by atoms with Gasteiger partial charge in [0.05, 0.1) is 22.6 Å². The maximum absolute atomic E-state index is 12.8. The van der Waals surface area contributed by atoms with Crippen LogP contribution >= 0.6 is 11.6 Å². The fourth-order valence-electron chi connectivity index (χ4n) is 3.50. The van der Waals surface area contributed by atoms with Gasteiger partial charge in [0.1, 0.15) is 0 Å². The van der Waals surface area contributed by atoms with Crippen LogP contribution in [0.3, 0.4) is 0 Å². The largest absolute Gasteiger partial charge is 0.294 e. The number of nitrogens with zero attached hydrogens (tertiary/aromatic N) is 2. The highest BCUT2D eigenvalue weighted by molar-refractivity contribution is 6.30. The number of ketones is 1. The van der Waals surface area contributed by atoms with Gasteiger partial charge < -0.3 is 0 Å². The highest BCUT2D eigenvalue weighted by atomic mass is 35.5. The average molecular weight is 345 g/mol. The second-order valence-corrected chi connectivity index (χ2v) is 8.03. The number of carbonyl (C=O) groups excluding carboxylic acids is 1. The van der Waals surface area contributed by atoms with Crippen molar-refractivity contribution in [2.75, 3.05) is 0 Å². The molecule has 128 valence electrons. The molecule has 0 saturated heterocycles. The summed E-state index contributed by atoms with van der Waals surface area (Å²) in [6.45, 7) is 8.71. The Morgan fingerprint density at radius 3 is 2.62 bits per heavy atom. The lowest BCUT2D eigenvalue weighted by molar-refractivity contribution is 0.0931. The zero-order chi connectivity index (χ0) is 17.4. The van der Waals surface area contributed by atoms with Gasteiger partial charge in [0.25, 0.3) is 0 Å². The first-order valence-electron chi connectivity index (χ1n) is 8.76. The van der Waals surface area contributed by atoms with Gasteiger partial charge in [-0.1, -0.05) is 45.4 Å². The van der Waals surface area contributed by atoms with Gasteiger partial charge in [-0.15, -0.1) is 0 Å². The van der Waals surface area contributed by atoms with Gasteiger partial charge in [-0.3, -0.25) is 4.79 Å². The number of aromatic nitrogens is 2. The summed E-state index contributed by atoms with van der Waals surface area (Å²) in [7, 11) is 0. The van der Waals surface area contributed by atoms with Crippen molar-refractivity contribution < 1.29 is 4.79 Å². The van der Waals surface area contributed by atoms with Crippen molar-refractivity contribution in [3.05, 3.63) is 46.2 Å². The zero-order valence-corrected chi connectivity index (χ0v) is 15.6. The van der Waals surface area contributed by atoms with Gasteiger partial charge in [0, 0.05) is 11.4 Å². The first-order valence-corrected chi connectivity index (χ1v) is 9.14. The molecule has 1 heterocycles. The number of fused-ring (bicyclic) bond motifs is 1. The van der Waals surface area contributed by atoms with Crippen LogP contribution in [0, 0.1) is 17.8 Å². The number of hydrogen-bond donors (Lipinski definition) is 0. The Hall–Kier alpha value is -1.61. The molecule has 0 spiro atoms. The van der Waals surface area contributed by atoms with Crippen molar-refractivity contribution in [3.8, 4) is 5.69 Å². The van der Waals surface area contributed by atoms with E-state index in [1.165, 1.54) is 0 Å². The van der Waals surface area contributed by atoms with Crippen LogP contribution in [0.4, 0.5) is 0 Å². The molecular formula is C20H25ClN2O. The van der Waals surface area contributed by atoms with Crippen LogP contribution in [-0.2, 0) is 12.8 Å². The fraction of sp³-hybridized carbons (Fsp3) is 0.500. The van der Waals surface area contributed by atoms with Crippen LogP contribution in [0.15, 0.2) is 24.3 Å². The first kappa shape index (κ1) is 17.2. The highest BCUT2D eigenvalue weighted by Gasteiger charge is 2.33. The molecule has 0 aliphatic heterocycles. The lowest BCUT2D eigenvalue weighted by atomic mass is 9.79. The molecular weight excluding hydrogens is 320 g/mol. The third kappa shape index (κ3) is 3.27. The SMILES string of the molecule is CC(C)Cc1nn(-c2cccc(Cl)c2)c2c1C(=O)CC(C(C)C)C2. The fourth-order valence-corrected chi connectivity index (χ4v) is 3.68. The zero-order valence-electron chi connectivity index (χ0n) is 14.8. The van der Waals surface area contributed by atoms with Crippen molar-refractivity contribution in [2.45, 2.75) is 47.0 Å². The maximum atomic E-state index is 12.8. The van der Waals surface area contributed by atoms with Crippen LogP contribution in [0.25, 0.3) is 5.69 Å². The average Bonchev–Trinajstić information content (AvgIpc) is 2.85. The molecule has 1 unspecified atom stereocenters. The third-order valence-electron chi connectivity index (χ3n) is 4.83. The van der Waals surface area contributed by atoms with Crippen LogP contribution in [0.1, 0.15) is 55.9 Å². The van der Waals surface area contributed by atoms with E-state index in [1.54, 1.807) is 0 Å². The summed E-state index contributed by atoms with van der Waals surface area (Å²) in [5.74, 6) is 1.58. The smallest absolute Gasteiger partial charge is 0.166 e. The van der Waals surface area contributed by atoms with Gasteiger partial charge in [-0.25, -0.2) is 4.68 Å². The van der Waals surface area contributed by atoms with Crippen LogP contribution in [0.2, 0.25) is 5.02 Å². The van der Waals surface area contributed by atoms with Crippen LogP contribution in [-0.4, -0.2) is 15.6 Å². The predicted molar refractivity (Wildman–Crippen MR) is 98.1 cm³/mol. The number of halogens is 1. The minimum atomic E-state index is 0.249. The molecule has 1 aliphatic rings. The molecule has 1 aromatic heterocycles. The Kier molecular flexibility index (Phi) is 4.82. The van der Waals surface area contributed by atoms with Crippen molar-refractivity contribution in [1.29, 1.82) is 0 Å². The van der Waals surface area contributed by atoms with Gasteiger partial charge in [-0.05, 0) is 48.8 Å². The number of benzene rings is 1. The van der Waals surface area contributed by atoms with E-state index in [9.17, 15) is 4.79 Å². The lowest BCUT2D eigenvalue weighted by Crippen LogP contribution is -2.25. The van der Waals surface area contributed by atoms with E-state index >= 15 is 0 Å². The highest BCUT2D eigenvalue weighted by Crippen LogP contribution is 2.34. The Morgan fingerprint density at radius 2 is 2.00 bits per heavy atom. The number of hydrogen-bond acceptors (Lipinski definition) is 2. The molecule has 1 aliphatic carbocycles. The molecule has 4 heteroatoms. The van der Waals surface area contributed by atoms with Gasteiger partial charge in [0.2, 0.25) is 0 Å². The number of carbonyl (C=O) groups is 1. The summed E-state index contributed by atoms with van der Waals surface area (Å²) in [5, 5.41) is 5.51. The molecule has 0 saturated carbocycles. The van der Waals surface area contributed by atoms with Gasteiger partial charge in [0.15, 0.2) is 5.78 Å². The normalized spacial score (nSPS) is 17.6. The summed E-state index contributed by atoms with van der Waals surface area (Å²) < 4.78 is 1.95. The second kappa shape index (κ2) is 6.72. The van der Waals surface area contributed by atoms with Crippen LogP contribution in [0.5, 0.6) is 0 Å².